The van der Waals surface area contributed by atoms with Gasteiger partial charge in [-0.25, -0.2) is 0 Å². The molecule has 6 nitrogen and oxygen atoms in total. The van der Waals surface area contributed by atoms with Crippen molar-refractivity contribution >= 4 is 5.91 Å². The summed E-state index contributed by atoms with van der Waals surface area (Å²) in [6.45, 7) is 14.4. The maximum absolute atomic E-state index is 12.5. The number of nitrogens with two attached hydrogens (primary N) is 1. The summed E-state index contributed by atoms with van der Waals surface area (Å²) in [5.41, 5.74) is 9.53. The van der Waals surface area contributed by atoms with Gasteiger partial charge in [-0.1, -0.05) is 20.8 Å². The second kappa shape index (κ2) is 6.61. The maximum Gasteiger partial charge on any atom is 0.240 e. The van der Waals surface area contributed by atoms with Crippen LogP contribution >= 0.6 is 0 Å². The zero-order valence-corrected chi connectivity index (χ0v) is 15.4. The highest BCUT2D eigenvalue weighted by Gasteiger charge is 2.32. The fourth-order valence-corrected chi connectivity index (χ4v) is 2.96. The van der Waals surface area contributed by atoms with Crippen LogP contribution in [0.5, 0.6) is 0 Å². The summed E-state index contributed by atoms with van der Waals surface area (Å²) in [5.74, 6) is 0.0749. The Hall–Kier alpha value is -1.40. The average Bonchev–Trinajstić information content (AvgIpc) is 2.72. The molecule has 2 rings (SSSR count). The van der Waals surface area contributed by atoms with Crippen LogP contribution in [0.1, 0.15) is 37.7 Å². The molecule has 0 aliphatic carbocycles. The van der Waals surface area contributed by atoms with Crippen LogP contribution in [0.15, 0.2) is 0 Å². The number of hydrogen-bond acceptors (Lipinski definition) is 4. The summed E-state index contributed by atoms with van der Waals surface area (Å²) in [7, 11) is 1.98. The van der Waals surface area contributed by atoms with Gasteiger partial charge in [0.2, 0.25) is 5.91 Å². The number of nitrogens with zero attached hydrogens (tertiary/aromatic N) is 4. The molecular weight excluding hydrogens is 290 g/mol. The van der Waals surface area contributed by atoms with E-state index < -0.39 is 6.04 Å². The first-order valence-electron chi connectivity index (χ1n) is 8.37. The zero-order valence-electron chi connectivity index (χ0n) is 15.4. The van der Waals surface area contributed by atoms with Crippen LogP contribution in [0.2, 0.25) is 0 Å². The molecule has 2 heterocycles. The molecule has 6 heteroatoms. The molecule has 1 saturated heterocycles. The van der Waals surface area contributed by atoms with Crippen LogP contribution in [0.4, 0.5) is 0 Å². The summed E-state index contributed by atoms with van der Waals surface area (Å²) >= 11 is 0. The third-order valence-electron chi connectivity index (χ3n) is 4.92. The molecular formula is C17H31N5O. The fraction of sp³-hybridized carbons (Fsp3) is 0.765. The fourth-order valence-electron chi connectivity index (χ4n) is 2.96. The third kappa shape index (κ3) is 3.93. The highest BCUT2D eigenvalue weighted by Crippen LogP contribution is 2.20. The summed E-state index contributed by atoms with van der Waals surface area (Å²) < 4.78 is 1.94. The van der Waals surface area contributed by atoms with Gasteiger partial charge in [0.25, 0.3) is 0 Å². The van der Waals surface area contributed by atoms with Gasteiger partial charge in [0.1, 0.15) is 0 Å². The monoisotopic (exact) mass is 321 g/mol. The zero-order chi connectivity index (χ0) is 17.4. The lowest BCUT2D eigenvalue weighted by atomic mass is 9.86. The molecule has 1 atom stereocenters. The molecule has 1 fully saturated rings. The van der Waals surface area contributed by atoms with Crippen LogP contribution < -0.4 is 5.73 Å². The molecule has 1 aromatic heterocycles. The SMILES string of the molecule is Cc1nn(C)c(C)c1CN1CCN(C(=O)[C@@H](N)C(C)(C)C)CC1. The topological polar surface area (TPSA) is 67.4 Å². The van der Waals surface area contributed by atoms with Gasteiger partial charge in [0, 0.05) is 51.0 Å². The van der Waals surface area contributed by atoms with Gasteiger partial charge in [-0.3, -0.25) is 14.4 Å². The smallest absolute Gasteiger partial charge is 0.240 e. The molecule has 1 aliphatic heterocycles. The molecule has 0 bridgehead atoms. The molecule has 0 radical (unpaired) electrons. The van der Waals surface area contributed by atoms with E-state index in [-0.39, 0.29) is 11.3 Å². The lowest BCUT2D eigenvalue weighted by Gasteiger charge is -2.38. The Morgan fingerprint density at radius 1 is 1.22 bits per heavy atom. The van der Waals surface area contributed by atoms with Crippen LogP contribution in [0.3, 0.4) is 0 Å². The van der Waals surface area contributed by atoms with Gasteiger partial charge >= 0.3 is 0 Å². The Balaban J connectivity index is 1.93. The predicted molar refractivity (Wildman–Crippen MR) is 92.0 cm³/mol. The van der Waals surface area contributed by atoms with Crippen LogP contribution in [0, 0.1) is 19.3 Å². The highest BCUT2D eigenvalue weighted by atomic mass is 16.2. The number of aryl methyl sites for hydroxylation is 2. The van der Waals surface area contributed by atoms with Gasteiger partial charge in [-0.15, -0.1) is 0 Å². The molecule has 0 saturated carbocycles. The molecule has 1 aliphatic rings. The normalized spacial score (nSPS) is 18.3. The molecule has 2 N–H and O–H groups in total. The number of aromatic nitrogens is 2. The first-order valence-corrected chi connectivity index (χ1v) is 8.37. The van der Waals surface area contributed by atoms with E-state index in [1.165, 1.54) is 11.3 Å². The Morgan fingerprint density at radius 2 is 1.78 bits per heavy atom. The van der Waals surface area contributed by atoms with Gasteiger partial charge in [-0.05, 0) is 19.3 Å². The van der Waals surface area contributed by atoms with E-state index >= 15 is 0 Å². The van der Waals surface area contributed by atoms with E-state index in [1.807, 2.05) is 37.4 Å². The number of carbonyl (C=O) groups is 1. The lowest BCUT2D eigenvalue weighted by Crippen LogP contribution is -2.56. The second-order valence-corrected chi connectivity index (χ2v) is 7.72. The Bertz CT molecular complexity index is 564. The van der Waals surface area contributed by atoms with Gasteiger partial charge in [0.15, 0.2) is 0 Å². The van der Waals surface area contributed by atoms with Gasteiger partial charge < -0.3 is 10.6 Å². The molecule has 0 unspecified atom stereocenters. The predicted octanol–water partition coefficient (Wildman–Crippen LogP) is 1.05. The van der Waals surface area contributed by atoms with Crippen molar-refractivity contribution in [2.75, 3.05) is 26.2 Å². The van der Waals surface area contributed by atoms with Crippen molar-refractivity contribution in [1.82, 2.24) is 19.6 Å². The van der Waals surface area contributed by atoms with Crippen molar-refractivity contribution in [1.29, 1.82) is 0 Å². The maximum atomic E-state index is 12.5. The Kier molecular flexibility index (Phi) is 5.16. The van der Waals surface area contributed by atoms with E-state index in [4.69, 9.17) is 5.73 Å². The summed E-state index contributed by atoms with van der Waals surface area (Å²) in [6, 6.07) is -0.433. The van der Waals surface area contributed by atoms with E-state index in [0.717, 1.165) is 38.4 Å². The van der Waals surface area contributed by atoms with Crippen LogP contribution in [-0.4, -0.2) is 57.7 Å². The van der Waals surface area contributed by atoms with Crippen molar-refractivity contribution in [3.63, 3.8) is 0 Å². The Morgan fingerprint density at radius 3 is 2.22 bits per heavy atom. The van der Waals surface area contributed by atoms with Crippen molar-refractivity contribution in [2.24, 2.45) is 18.2 Å². The lowest BCUT2D eigenvalue weighted by molar-refractivity contribution is -0.136. The van der Waals surface area contributed by atoms with E-state index in [9.17, 15) is 4.79 Å². The number of piperazine rings is 1. The number of carbonyl (C=O) groups excluding carboxylic acids is 1. The quantitative estimate of drug-likeness (QED) is 0.904. The average molecular weight is 321 g/mol. The number of rotatable bonds is 3. The first-order chi connectivity index (χ1) is 10.6. The van der Waals surface area contributed by atoms with E-state index in [0.29, 0.717) is 0 Å². The van der Waals surface area contributed by atoms with Crippen molar-refractivity contribution < 1.29 is 4.79 Å². The number of hydrogen-bond donors (Lipinski definition) is 1. The highest BCUT2D eigenvalue weighted by molar-refractivity contribution is 5.82. The second-order valence-electron chi connectivity index (χ2n) is 7.72. The minimum absolute atomic E-state index is 0.0749. The largest absolute Gasteiger partial charge is 0.339 e. The van der Waals surface area contributed by atoms with Gasteiger partial charge in [-0.2, -0.15) is 5.10 Å². The van der Waals surface area contributed by atoms with Crippen LogP contribution in [0.25, 0.3) is 0 Å². The minimum atomic E-state index is -0.433. The summed E-state index contributed by atoms with van der Waals surface area (Å²) in [4.78, 5) is 16.8. The summed E-state index contributed by atoms with van der Waals surface area (Å²) in [6.07, 6.45) is 0. The van der Waals surface area contributed by atoms with E-state index in [2.05, 4.69) is 23.8 Å². The van der Waals surface area contributed by atoms with E-state index in [1.54, 1.807) is 0 Å². The standard InChI is InChI=1S/C17H31N5O/c1-12-14(13(2)20(6)19-12)11-21-7-9-22(10-8-21)16(23)15(18)17(3,4)5/h15H,7-11,18H2,1-6H3/t15-/m1/s1. The molecule has 23 heavy (non-hydrogen) atoms. The molecule has 0 spiro atoms. The van der Waals surface area contributed by atoms with Crippen molar-refractivity contribution in [2.45, 2.75) is 47.2 Å². The van der Waals surface area contributed by atoms with Crippen molar-refractivity contribution in [3.8, 4) is 0 Å². The summed E-state index contributed by atoms with van der Waals surface area (Å²) in [5, 5.41) is 4.48. The number of amides is 1. The first kappa shape index (κ1) is 17.9. The molecule has 0 aromatic carbocycles. The van der Waals surface area contributed by atoms with Crippen LogP contribution in [-0.2, 0) is 18.4 Å². The third-order valence-corrected chi connectivity index (χ3v) is 4.92. The van der Waals surface area contributed by atoms with Gasteiger partial charge in [0.05, 0.1) is 11.7 Å². The Labute approximate surface area is 139 Å². The molecule has 1 amide bonds. The molecule has 1 aromatic rings. The molecule has 130 valence electrons. The minimum Gasteiger partial charge on any atom is -0.339 e. The van der Waals surface area contributed by atoms with Crippen molar-refractivity contribution in [3.05, 3.63) is 17.0 Å².